The summed E-state index contributed by atoms with van der Waals surface area (Å²) in [5.74, 6) is -1.96. The summed E-state index contributed by atoms with van der Waals surface area (Å²) in [5.41, 5.74) is 0.646. The highest BCUT2D eigenvalue weighted by molar-refractivity contribution is 5.89. The minimum absolute atomic E-state index is 0.0322. The summed E-state index contributed by atoms with van der Waals surface area (Å²) in [6.45, 7) is 0. The molecule has 1 saturated carbocycles. The molecule has 2 aromatic rings. The van der Waals surface area contributed by atoms with Crippen LogP contribution in [0.4, 0.5) is 4.39 Å². The van der Waals surface area contributed by atoms with Crippen molar-refractivity contribution in [3.8, 4) is 0 Å². The van der Waals surface area contributed by atoms with Crippen LogP contribution >= 0.6 is 0 Å². The number of nitrogens with zero attached hydrogens (tertiary/aromatic N) is 2. The second-order valence-electron chi connectivity index (χ2n) is 4.29. The molecule has 5 heteroatoms. The van der Waals surface area contributed by atoms with Crippen LogP contribution < -0.4 is 5.11 Å². The van der Waals surface area contributed by atoms with Crippen molar-refractivity contribution in [2.75, 3.05) is 0 Å². The number of para-hydroxylation sites is 1. The molecule has 88 valence electrons. The van der Waals surface area contributed by atoms with Crippen molar-refractivity contribution in [1.29, 1.82) is 0 Å². The number of carboxylic acids is 1. The zero-order valence-electron chi connectivity index (χ0n) is 9.02. The number of rotatable bonds is 2. The molecule has 1 aromatic heterocycles. The predicted molar refractivity (Wildman–Crippen MR) is 56.9 cm³/mol. The van der Waals surface area contributed by atoms with Crippen molar-refractivity contribution in [2.45, 2.75) is 25.3 Å². The van der Waals surface area contributed by atoms with Crippen LogP contribution in [-0.4, -0.2) is 15.5 Å². The first-order valence-electron chi connectivity index (χ1n) is 5.56. The lowest BCUT2D eigenvalue weighted by molar-refractivity contribution is -0.256. The standard InChI is InChI=1S/C12H11FN2O2/c13-8-5-2-6-9-10(8)15(7-3-1-4-7)11(14-9)12(16)17/h2,5-7H,1,3-4H2,(H,16,17)/p-1. The van der Waals surface area contributed by atoms with E-state index in [1.165, 1.54) is 16.7 Å². The fraction of sp³-hybridized carbons (Fsp3) is 0.333. The number of carboxylic acid groups (broad SMARTS) is 1. The van der Waals surface area contributed by atoms with E-state index in [1.54, 1.807) is 6.07 Å². The van der Waals surface area contributed by atoms with Gasteiger partial charge in [0, 0.05) is 6.04 Å². The van der Waals surface area contributed by atoms with Gasteiger partial charge in [0.05, 0.1) is 5.52 Å². The third-order valence-electron chi connectivity index (χ3n) is 3.28. The zero-order chi connectivity index (χ0) is 12.0. The Hall–Kier alpha value is -1.91. The molecule has 0 bridgehead atoms. The second-order valence-corrected chi connectivity index (χ2v) is 4.29. The van der Waals surface area contributed by atoms with Crippen molar-refractivity contribution < 1.29 is 14.3 Å². The largest absolute Gasteiger partial charge is 0.542 e. The Labute approximate surface area is 96.7 Å². The third kappa shape index (κ3) is 1.42. The van der Waals surface area contributed by atoms with Crippen molar-refractivity contribution in [1.82, 2.24) is 9.55 Å². The minimum atomic E-state index is -1.35. The van der Waals surface area contributed by atoms with Crippen molar-refractivity contribution in [3.05, 3.63) is 29.8 Å². The third-order valence-corrected chi connectivity index (χ3v) is 3.28. The van der Waals surface area contributed by atoms with Gasteiger partial charge in [-0.25, -0.2) is 9.37 Å². The van der Waals surface area contributed by atoms with Gasteiger partial charge in [0.2, 0.25) is 0 Å². The zero-order valence-corrected chi connectivity index (χ0v) is 9.02. The topological polar surface area (TPSA) is 57.9 Å². The van der Waals surface area contributed by atoms with Gasteiger partial charge in [0.1, 0.15) is 17.3 Å². The molecule has 1 aromatic carbocycles. The molecule has 1 fully saturated rings. The second kappa shape index (κ2) is 3.55. The van der Waals surface area contributed by atoms with Crippen molar-refractivity contribution >= 4 is 17.0 Å². The number of halogens is 1. The van der Waals surface area contributed by atoms with Gasteiger partial charge >= 0.3 is 0 Å². The number of hydrogen-bond donors (Lipinski definition) is 0. The monoisotopic (exact) mass is 233 g/mol. The maximum Gasteiger partial charge on any atom is 0.157 e. The molecule has 1 aliphatic rings. The van der Waals surface area contributed by atoms with Crippen LogP contribution in [0.25, 0.3) is 11.0 Å². The summed E-state index contributed by atoms with van der Waals surface area (Å²) >= 11 is 0. The molecule has 1 heterocycles. The molecule has 17 heavy (non-hydrogen) atoms. The number of hydrogen-bond acceptors (Lipinski definition) is 3. The van der Waals surface area contributed by atoms with Gasteiger partial charge in [-0.3, -0.25) is 0 Å². The SMILES string of the molecule is O=C([O-])c1nc2cccc(F)c2n1C1CCC1. The molecular formula is C12H10FN2O2-. The van der Waals surface area contributed by atoms with Crippen LogP contribution in [0.15, 0.2) is 18.2 Å². The molecule has 0 aliphatic heterocycles. The maximum atomic E-state index is 13.8. The molecule has 0 spiro atoms. The molecule has 0 atom stereocenters. The van der Waals surface area contributed by atoms with E-state index < -0.39 is 11.8 Å². The fourth-order valence-electron chi connectivity index (χ4n) is 2.25. The summed E-state index contributed by atoms with van der Waals surface area (Å²) in [7, 11) is 0. The molecule has 0 radical (unpaired) electrons. The van der Waals surface area contributed by atoms with E-state index in [0.29, 0.717) is 5.52 Å². The average Bonchev–Trinajstić information content (AvgIpc) is 2.57. The summed E-state index contributed by atoms with van der Waals surface area (Å²) in [6, 6.07) is 4.48. The van der Waals surface area contributed by atoms with E-state index in [4.69, 9.17) is 0 Å². The normalized spacial score (nSPS) is 16.1. The Morgan fingerprint density at radius 1 is 1.47 bits per heavy atom. The van der Waals surface area contributed by atoms with Crippen molar-refractivity contribution in [2.24, 2.45) is 0 Å². The summed E-state index contributed by atoms with van der Waals surface area (Å²) in [6.07, 6.45) is 2.76. The van der Waals surface area contributed by atoms with Crippen LogP contribution in [-0.2, 0) is 0 Å². The summed E-state index contributed by atoms with van der Waals surface area (Å²) in [5, 5.41) is 11.0. The smallest absolute Gasteiger partial charge is 0.157 e. The van der Waals surface area contributed by atoms with Crippen LogP contribution in [0, 0.1) is 5.82 Å². The highest BCUT2D eigenvalue weighted by Crippen LogP contribution is 2.36. The van der Waals surface area contributed by atoms with Gasteiger partial charge in [0.25, 0.3) is 0 Å². The number of carbonyl (C=O) groups excluding carboxylic acids is 1. The Morgan fingerprint density at radius 3 is 2.82 bits per heavy atom. The number of aromatic carboxylic acids is 1. The first-order valence-corrected chi connectivity index (χ1v) is 5.56. The molecule has 0 amide bonds. The van der Waals surface area contributed by atoms with Crippen LogP contribution in [0.1, 0.15) is 35.9 Å². The van der Waals surface area contributed by atoms with E-state index in [2.05, 4.69) is 4.98 Å². The van der Waals surface area contributed by atoms with Crippen LogP contribution in [0.2, 0.25) is 0 Å². The van der Waals surface area contributed by atoms with Gasteiger partial charge in [-0.15, -0.1) is 0 Å². The van der Waals surface area contributed by atoms with E-state index in [0.717, 1.165) is 19.3 Å². The summed E-state index contributed by atoms with van der Waals surface area (Å²) < 4.78 is 15.2. The Morgan fingerprint density at radius 2 is 2.24 bits per heavy atom. The molecule has 3 rings (SSSR count). The molecular weight excluding hydrogens is 223 g/mol. The molecule has 0 saturated heterocycles. The lowest BCUT2D eigenvalue weighted by Crippen LogP contribution is -2.30. The Balaban J connectivity index is 2.32. The quantitative estimate of drug-likeness (QED) is 0.784. The number of imidazole rings is 1. The highest BCUT2D eigenvalue weighted by atomic mass is 19.1. The number of aromatic nitrogens is 2. The summed E-state index contributed by atoms with van der Waals surface area (Å²) in [4.78, 5) is 15.0. The Bertz CT molecular complexity index is 602. The van der Waals surface area contributed by atoms with E-state index in [9.17, 15) is 14.3 Å². The minimum Gasteiger partial charge on any atom is -0.542 e. The average molecular weight is 233 g/mol. The van der Waals surface area contributed by atoms with Crippen molar-refractivity contribution in [3.63, 3.8) is 0 Å². The van der Waals surface area contributed by atoms with Gasteiger partial charge < -0.3 is 14.5 Å². The van der Waals surface area contributed by atoms with Gasteiger partial charge in [-0.05, 0) is 31.4 Å². The van der Waals surface area contributed by atoms with E-state index in [1.807, 2.05) is 0 Å². The molecule has 0 unspecified atom stereocenters. The first-order chi connectivity index (χ1) is 8.18. The molecule has 1 aliphatic carbocycles. The van der Waals surface area contributed by atoms with E-state index >= 15 is 0 Å². The van der Waals surface area contributed by atoms with Gasteiger partial charge in [-0.2, -0.15) is 0 Å². The molecule has 4 nitrogen and oxygen atoms in total. The number of benzene rings is 1. The van der Waals surface area contributed by atoms with Crippen LogP contribution in [0.5, 0.6) is 0 Å². The van der Waals surface area contributed by atoms with Gasteiger partial charge in [0.15, 0.2) is 5.82 Å². The number of carbonyl (C=O) groups is 1. The van der Waals surface area contributed by atoms with Gasteiger partial charge in [-0.1, -0.05) is 6.07 Å². The number of fused-ring (bicyclic) bond motifs is 1. The lowest BCUT2D eigenvalue weighted by atomic mass is 9.92. The molecule has 0 N–H and O–H groups in total. The maximum absolute atomic E-state index is 13.8. The predicted octanol–water partition coefficient (Wildman–Crippen LogP) is 1.26. The Kier molecular flexibility index (Phi) is 2.14. The fourth-order valence-corrected chi connectivity index (χ4v) is 2.25. The highest BCUT2D eigenvalue weighted by Gasteiger charge is 2.26. The van der Waals surface area contributed by atoms with E-state index in [-0.39, 0.29) is 17.4 Å². The lowest BCUT2D eigenvalue weighted by Gasteiger charge is -2.29. The first kappa shape index (κ1) is 10.3. The van der Waals surface area contributed by atoms with Crippen LogP contribution in [0.3, 0.4) is 0 Å².